The number of hydrogen-bond donors (Lipinski definition) is 2. The Morgan fingerprint density at radius 2 is 2.18 bits per heavy atom. The van der Waals surface area contributed by atoms with Gasteiger partial charge < -0.3 is 5.32 Å². The molecule has 0 spiro atoms. The van der Waals surface area contributed by atoms with Crippen molar-refractivity contribution in [2.45, 2.75) is 13.8 Å². The van der Waals surface area contributed by atoms with Crippen molar-refractivity contribution in [3.63, 3.8) is 0 Å². The number of benzene rings is 1. The molecule has 1 aromatic heterocycles. The summed E-state index contributed by atoms with van der Waals surface area (Å²) in [6.07, 6.45) is 1.49. The molecule has 0 aliphatic heterocycles. The highest BCUT2D eigenvalue weighted by Gasteiger charge is 2.12. The number of nitrogens with zero attached hydrogens (tertiary/aromatic N) is 1. The number of hydrogen-bond acceptors (Lipinski definition) is 2. The second-order valence-electron chi connectivity index (χ2n) is 3.85. The number of carbonyl (C=O) groups excluding carboxylic acids is 1. The fraction of sp³-hybridized carbons (Fsp3) is 0.167. The maximum absolute atomic E-state index is 11.9. The number of nitrogens with one attached hydrogen (secondary N) is 2. The molecule has 4 nitrogen and oxygen atoms in total. The van der Waals surface area contributed by atoms with Gasteiger partial charge in [-0.25, -0.2) is 0 Å². The lowest BCUT2D eigenvalue weighted by Crippen LogP contribution is -2.12. The molecule has 2 aromatic rings. The van der Waals surface area contributed by atoms with E-state index < -0.39 is 0 Å². The number of H-pyrrole nitrogens is 1. The van der Waals surface area contributed by atoms with E-state index in [4.69, 9.17) is 11.6 Å². The van der Waals surface area contributed by atoms with E-state index in [1.165, 1.54) is 6.20 Å². The highest BCUT2D eigenvalue weighted by Crippen LogP contribution is 2.23. The molecule has 0 aliphatic carbocycles. The van der Waals surface area contributed by atoms with Gasteiger partial charge in [0.1, 0.15) is 0 Å². The number of anilines is 1. The van der Waals surface area contributed by atoms with Gasteiger partial charge >= 0.3 is 0 Å². The molecule has 1 heterocycles. The van der Waals surface area contributed by atoms with Crippen LogP contribution in [0.4, 0.5) is 5.69 Å². The first-order chi connectivity index (χ1) is 8.08. The molecule has 0 unspecified atom stereocenters. The molecule has 17 heavy (non-hydrogen) atoms. The summed E-state index contributed by atoms with van der Waals surface area (Å²) in [6.45, 7) is 3.73. The van der Waals surface area contributed by atoms with Gasteiger partial charge in [0.15, 0.2) is 0 Å². The van der Waals surface area contributed by atoms with Crippen LogP contribution >= 0.6 is 11.6 Å². The first kappa shape index (κ1) is 11.7. The van der Waals surface area contributed by atoms with E-state index in [9.17, 15) is 4.79 Å². The van der Waals surface area contributed by atoms with E-state index in [-0.39, 0.29) is 5.91 Å². The van der Waals surface area contributed by atoms with Gasteiger partial charge in [0.2, 0.25) is 0 Å². The molecular formula is C12H12ClN3O. The molecule has 88 valence electrons. The topological polar surface area (TPSA) is 57.8 Å². The van der Waals surface area contributed by atoms with Crippen LogP contribution in [0.1, 0.15) is 21.6 Å². The summed E-state index contributed by atoms with van der Waals surface area (Å²) in [6, 6.07) is 5.48. The third-order valence-electron chi connectivity index (χ3n) is 2.44. The molecule has 0 saturated carbocycles. The molecule has 0 atom stereocenters. The molecule has 2 rings (SSSR count). The van der Waals surface area contributed by atoms with Crippen LogP contribution in [0.5, 0.6) is 0 Å². The van der Waals surface area contributed by atoms with Crippen LogP contribution in [0, 0.1) is 13.8 Å². The van der Waals surface area contributed by atoms with Crippen molar-refractivity contribution in [2.75, 3.05) is 5.32 Å². The molecule has 0 radical (unpaired) electrons. The zero-order chi connectivity index (χ0) is 12.4. The highest BCUT2D eigenvalue weighted by atomic mass is 35.5. The number of amides is 1. The summed E-state index contributed by atoms with van der Waals surface area (Å²) in [5.41, 5.74) is 2.89. The molecule has 0 bridgehead atoms. The predicted molar refractivity (Wildman–Crippen MR) is 67.5 cm³/mol. The van der Waals surface area contributed by atoms with E-state index in [0.717, 1.165) is 11.3 Å². The summed E-state index contributed by atoms with van der Waals surface area (Å²) in [5, 5.41) is 9.81. The van der Waals surface area contributed by atoms with E-state index in [0.29, 0.717) is 16.3 Å². The van der Waals surface area contributed by atoms with Crippen molar-refractivity contribution in [1.82, 2.24) is 10.2 Å². The van der Waals surface area contributed by atoms with Crippen molar-refractivity contribution in [3.05, 3.63) is 46.2 Å². The zero-order valence-electron chi connectivity index (χ0n) is 9.54. The van der Waals surface area contributed by atoms with Gasteiger partial charge in [-0.15, -0.1) is 0 Å². The Morgan fingerprint density at radius 3 is 2.82 bits per heavy atom. The monoisotopic (exact) mass is 249 g/mol. The van der Waals surface area contributed by atoms with Crippen LogP contribution in [0.25, 0.3) is 0 Å². The fourth-order valence-corrected chi connectivity index (χ4v) is 1.67. The number of halogens is 1. The number of carbonyl (C=O) groups is 1. The Kier molecular flexibility index (Phi) is 3.15. The Hall–Kier alpha value is -1.81. The zero-order valence-corrected chi connectivity index (χ0v) is 10.3. The quantitative estimate of drug-likeness (QED) is 0.860. The van der Waals surface area contributed by atoms with Gasteiger partial charge in [-0.1, -0.05) is 17.7 Å². The van der Waals surface area contributed by atoms with Crippen molar-refractivity contribution < 1.29 is 4.79 Å². The Balaban J connectivity index is 2.24. The average molecular weight is 250 g/mol. The van der Waals surface area contributed by atoms with E-state index >= 15 is 0 Å². The lowest BCUT2D eigenvalue weighted by atomic mass is 10.2. The molecule has 5 heteroatoms. The first-order valence-corrected chi connectivity index (χ1v) is 5.53. The smallest absolute Gasteiger partial charge is 0.259 e. The largest absolute Gasteiger partial charge is 0.321 e. The SMILES string of the molecule is Cc1ccc(Cl)c(NC(=O)c2cn[nH]c2C)c1. The van der Waals surface area contributed by atoms with E-state index in [1.54, 1.807) is 13.0 Å². The van der Waals surface area contributed by atoms with Gasteiger partial charge in [0.05, 0.1) is 22.5 Å². The maximum atomic E-state index is 11.9. The van der Waals surface area contributed by atoms with Crippen LogP contribution in [0.3, 0.4) is 0 Å². The standard InChI is InChI=1S/C12H12ClN3O/c1-7-3-4-10(13)11(5-7)15-12(17)9-6-14-16-8(9)2/h3-6H,1-2H3,(H,14,16)(H,15,17). The highest BCUT2D eigenvalue weighted by molar-refractivity contribution is 6.34. The minimum absolute atomic E-state index is 0.219. The van der Waals surface area contributed by atoms with Crippen LogP contribution in [0.2, 0.25) is 5.02 Å². The molecular weight excluding hydrogens is 238 g/mol. The summed E-state index contributed by atoms with van der Waals surface area (Å²) in [4.78, 5) is 11.9. The summed E-state index contributed by atoms with van der Waals surface area (Å²) >= 11 is 6.00. The summed E-state index contributed by atoms with van der Waals surface area (Å²) in [5.74, 6) is -0.219. The second-order valence-corrected chi connectivity index (χ2v) is 4.25. The Bertz CT molecular complexity index is 563. The van der Waals surface area contributed by atoms with Crippen molar-refractivity contribution in [3.8, 4) is 0 Å². The van der Waals surface area contributed by atoms with Gasteiger partial charge in [-0.3, -0.25) is 9.89 Å². The minimum atomic E-state index is -0.219. The Morgan fingerprint density at radius 1 is 1.41 bits per heavy atom. The lowest BCUT2D eigenvalue weighted by molar-refractivity contribution is 0.102. The number of aryl methyl sites for hydroxylation is 2. The second kappa shape index (κ2) is 4.59. The molecule has 0 aliphatic rings. The normalized spacial score (nSPS) is 10.3. The molecule has 0 saturated heterocycles. The van der Waals surface area contributed by atoms with Crippen LogP contribution < -0.4 is 5.32 Å². The Labute approximate surface area is 104 Å². The van der Waals surface area contributed by atoms with Crippen molar-refractivity contribution >= 4 is 23.2 Å². The van der Waals surface area contributed by atoms with Crippen molar-refractivity contribution in [2.24, 2.45) is 0 Å². The molecule has 2 N–H and O–H groups in total. The summed E-state index contributed by atoms with van der Waals surface area (Å²) in [7, 11) is 0. The van der Waals surface area contributed by atoms with Crippen LogP contribution in [0.15, 0.2) is 24.4 Å². The third kappa shape index (κ3) is 2.47. The molecule has 1 amide bonds. The van der Waals surface area contributed by atoms with Gasteiger partial charge in [0.25, 0.3) is 5.91 Å². The van der Waals surface area contributed by atoms with Crippen LogP contribution in [-0.4, -0.2) is 16.1 Å². The third-order valence-corrected chi connectivity index (χ3v) is 2.77. The minimum Gasteiger partial charge on any atom is -0.321 e. The van der Waals surface area contributed by atoms with Gasteiger partial charge in [0, 0.05) is 5.69 Å². The molecule has 0 fully saturated rings. The number of rotatable bonds is 2. The first-order valence-electron chi connectivity index (χ1n) is 5.15. The summed E-state index contributed by atoms with van der Waals surface area (Å²) < 4.78 is 0. The average Bonchev–Trinajstić information content (AvgIpc) is 2.70. The molecule has 1 aromatic carbocycles. The van der Waals surface area contributed by atoms with E-state index in [2.05, 4.69) is 15.5 Å². The predicted octanol–water partition coefficient (Wildman–Crippen LogP) is 2.93. The van der Waals surface area contributed by atoms with Crippen molar-refractivity contribution in [1.29, 1.82) is 0 Å². The van der Waals surface area contributed by atoms with Gasteiger partial charge in [-0.05, 0) is 31.5 Å². The number of aromatic amines is 1. The maximum Gasteiger partial charge on any atom is 0.259 e. The van der Waals surface area contributed by atoms with E-state index in [1.807, 2.05) is 19.1 Å². The van der Waals surface area contributed by atoms with Gasteiger partial charge in [-0.2, -0.15) is 5.10 Å². The fourth-order valence-electron chi connectivity index (χ4n) is 1.50. The lowest BCUT2D eigenvalue weighted by Gasteiger charge is -2.07. The number of aromatic nitrogens is 2. The van der Waals surface area contributed by atoms with Crippen LogP contribution in [-0.2, 0) is 0 Å².